The Balaban J connectivity index is 2.32. The monoisotopic (exact) mass is 628 g/mol. The predicted octanol–water partition coefficient (Wildman–Crippen LogP) is 9.45. The molecule has 5 nitrogen and oxygen atoms in total. The number of benzene rings is 1. The van der Waals surface area contributed by atoms with Crippen molar-refractivity contribution in [2.45, 2.75) is 135 Å². The summed E-state index contributed by atoms with van der Waals surface area (Å²) < 4.78 is 18.8. The maximum absolute atomic E-state index is 13.5. The molecule has 0 aromatic heterocycles. The lowest BCUT2D eigenvalue weighted by atomic mass is 9.90. The molecule has 43 heavy (non-hydrogen) atoms. The molecule has 1 aromatic carbocycles. The number of hydrogen-bond donors (Lipinski definition) is 0. The van der Waals surface area contributed by atoms with Gasteiger partial charge in [-0.3, -0.25) is 9.59 Å². The number of methoxy groups -OCH3 is 1. The van der Waals surface area contributed by atoms with Gasteiger partial charge in [-0.2, -0.15) is 0 Å². The molecule has 1 aromatic rings. The van der Waals surface area contributed by atoms with Crippen molar-refractivity contribution >= 4 is 28.4 Å². The molecule has 1 fully saturated rings. The molecule has 0 unspecified atom stereocenters. The topological polar surface area (TPSA) is 61.8 Å². The van der Waals surface area contributed by atoms with E-state index in [1.165, 1.54) is 12.7 Å². The van der Waals surface area contributed by atoms with Crippen LogP contribution in [-0.2, 0) is 29.6 Å². The average Bonchev–Trinajstić information content (AvgIpc) is 3.34. The number of ketones is 1. The van der Waals surface area contributed by atoms with Crippen LogP contribution in [0.2, 0.25) is 36.3 Å². The van der Waals surface area contributed by atoms with E-state index in [4.69, 9.17) is 13.6 Å². The van der Waals surface area contributed by atoms with Crippen molar-refractivity contribution < 1.29 is 23.2 Å². The summed E-state index contributed by atoms with van der Waals surface area (Å²) in [4.78, 5) is 24.9. The van der Waals surface area contributed by atoms with Crippen LogP contribution in [0.15, 0.2) is 54.6 Å². The predicted molar refractivity (Wildman–Crippen MR) is 184 cm³/mol. The van der Waals surface area contributed by atoms with Crippen molar-refractivity contribution in [3.05, 3.63) is 60.2 Å². The number of hydrogen-bond acceptors (Lipinski definition) is 5. The van der Waals surface area contributed by atoms with Gasteiger partial charge >= 0.3 is 5.97 Å². The van der Waals surface area contributed by atoms with Crippen LogP contribution in [0, 0.1) is 11.8 Å². The second kappa shape index (κ2) is 19.6. The standard InChI is InChI=1S/C36H60O5Si2/c1-8-42(9-2,10-3)40-31(26-25-30-21-17-16-18-22-30)27-28-33-32(23-19-14-15-20-24-36(38)39-7)34(37)29-35(33)41-43(11-4,12-5)13-6/h14,16-19,21-22,27-28,31-33,35H,8-13,15,20,23-26,29H2,1-7H3/b19-14+,28-27+/t31-,32+,33+,35+/m0/s1. The Morgan fingerprint density at radius 1 is 0.930 bits per heavy atom. The molecular formula is C36H60O5Si2. The largest absolute Gasteiger partial charge is 0.469 e. The van der Waals surface area contributed by atoms with Crippen LogP contribution in [-0.4, -0.2) is 47.7 Å². The normalized spacial score (nSPS) is 20.3. The van der Waals surface area contributed by atoms with E-state index in [1.807, 2.05) is 0 Å². The van der Waals surface area contributed by atoms with E-state index in [0.29, 0.717) is 25.0 Å². The first kappa shape index (κ1) is 37.4. The number of unbranched alkanes of at least 4 members (excludes halogenated alkanes) is 1. The number of esters is 1. The molecule has 1 aliphatic carbocycles. The van der Waals surface area contributed by atoms with Crippen LogP contribution in [0.4, 0.5) is 0 Å². The van der Waals surface area contributed by atoms with Crippen LogP contribution in [0.1, 0.15) is 85.6 Å². The number of rotatable bonds is 21. The molecule has 242 valence electrons. The Kier molecular flexibility index (Phi) is 17.0. The first-order chi connectivity index (χ1) is 20.7. The van der Waals surface area contributed by atoms with Crippen LogP contribution in [0.25, 0.3) is 0 Å². The zero-order valence-electron chi connectivity index (χ0n) is 28.2. The quantitative estimate of drug-likeness (QED) is 0.0587. The zero-order valence-corrected chi connectivity index (χ0v) is 30.2. The van der Waals surface area contributed by atoms with Gasteiger partial charge in [0.1, 0.15) is 5.78 Å². The summed E-state index contributed by atoms with van der Waals surface area (Å²) in [5, 5.41) is 0. The fourth-order valence-corrected chi connectivity index (χ4v) is 12.2. The smallest absolute Gasteiger partial charge is 0.305 e. The number of ether oxygens (including phenoxy) is 1. The van der Waals surface area contributed by atoms with Gasteiger partial charge in [0.05, 0.1) is 19.3 Å². The molecule has 1 aliphatic rings. The van der Waals surface area contributed by atoms with Gasteiger partial charge < -0.3 is 13.6 Å². The highest BCUT2D eigenvalue weighted by Gasteiger charge is 2.44. The fraction of sp³-hybridized carbons (Fsp3) is 0.667. The van der Waals surface area contributed by atoms with Gasteiger partial charge in [0.15, 0.2) is 16.6 Å². The second-order valence-corrected chi connectivity index (χ2v) is 21.7. The summed E-state index contributed by atoms with van der Waals surface area (Å²) in [5.41, 5.74) is 1.33. The molecule has 0 saturated heterocycles. The summed E-state index contributed by atoms with van der Waals surface area (Å²) in [6, 6.07) is 17.2. The molecule has 0 N–H and O–H groups in total. The lowest BCUT2D eigenvalue weighted by Crippen LogP contribution is -2.41. The molecule has 0 heterocycles. The Morgan fingerprint density at radius 3 is 2.14 bits per heavy atom. The third-order valence-electron chi connectivity index (χ3n) is 10.0. The molecule has 7 heteroatoms. The zero-order chi connectivity index (χ0) is 31.7. The molecule has 0 spiro atoms. The summed E-state index contributed by atoms with van der Waals surface area (Å²) in [5.74, 6) is 0.0970. The van der Waals surface area contributed by atoms with Crippen molar-refractivity contribution in [2.24, 2.45) is 11.8 Å². The number of carbonyl (C=O) groups is 2. The molecule has 2 rings (SSSR count). The number of allylic oxidation sites excluding steroid dienone is 2. The minimum Gasteiger partial charge on any atom is -0.469 e. The van der Waals surface area contributed by atoms with Crippen molar-refractivity contribution in [1.82, 2.24) is 0 Å². The average molecular weight is 629 g/mol. The molecule has 0 bridgehead atoms. The highest BCUT2D eigenvalue weighted by Crippen LogP contribution is 2.39. The summed E-state index contributed by atoms with van der Waals surface area (Å²) >= 11 is 0. The Labute approximate surface area is 265 Å². The Morgan fingerprint density at radius 2 is 1.56 bits per heavy atom. The van der Waals surface area contributed by atoms with Crippen molar-refractivity contribution in [1.29, 1.82) is 0 Å². The third-order valence-corrected chi connectivity index (χ3v) is 19.4. The van der Waals surface area contributed by atoms with Crippen molar-refractivity contribution in [3.63, 3.8) is 0 Å². The number of carbonyl (C=O) groups excluding carboxylic acids is 2. The van der Waals surface area contributed by atoms with E-state index in [0.717, 1.165) is 61.9 Å². The Hall–Kier alpha value is -1.81. The first-order valence-electron chi connectivity index (χ1n) is 17.1. The van der Waals surface area contributed by atoms with Gasteiger partial charge in [0, 0.05) is 24.7 Å². The van der Waals surface area contributed by atoms with Gasteiger partial charge in [-0.05, 0) is 73.9 Å². The molecule has 4 atom stereocenters. The SMILES string of the molecule is CC[Si](CC)(CC)O[C@H](/C=C/[C@H]1[C@H](O[Si](CC)(CC)CC)CC(=O)[C@@H]1C/C=C/CCCC(=O)OC)CCc1ccccc1. The van der Waals surface area contributed by atoms with Gasteiger partial charge in [0.2, 0.25) is 0 Å². The van der Waals surface area contributed by atoms with Crippen molar-refractivity contribution in [3.8, 4) is 0 Å². The van der Waals surface area contributed by atoms with E-state index < -0.39 is 16.6 Å². The lowest BCUT2D eigenvalue weighted by molar-refractivity contribution is -0.140. The van der Waals surface area contributed by atoms with E-state index in [1.54, 1.807) is 0 Å². The van der Waals surface area contributed by atoms with E-state index in [2.05, 4.69) is 96.2 Å². The highest BCUT2D eigenvalue weighted by atomic mass is 28.4. The van der Waals surface area contributed by atoms with Crippen molar-refractivity contribution in [2.75, 3.05) is 7.11 Å². The maximum Gasteiger partial charge on any atom is 0.305 e. The summed E-state index contributed by atoms with van der Waals surface area (Å²) in [6.45, 7) is 13.6. The fourth-order valence-electron chi connectivity index (χ4n) is 6.50. The Bertz CT molecular complexity index is 984. The summed E-state index contributed by atoms with van der Waals surface area (Å²) in [6.07, 6.45) is 13.9. The minimum atomic E-state index is -1.89. The maximum atomic E-state index is 13.5. The van der Waals surface area contributed by atoms with Gasteiger partial charge in [0.25, 0.3) is 0 Å². The number of Topliss-reactive ketones (excluding diaryl/α,β-unsaturated/α-hetero) is 1. The first-order valence-corrected chi connectivity index (χ1v) is 22.1. The second-order valence-electron chi connectivity index (χ2n) is 12.2. The minimum absolute atomic E-state index is 0.0307. The van der Waals surface area contributed by atoms with Gasteiger partial charge in [-0.25, -0.2) is 0 Å². The van der Waals surface area contributed by atoms with Crippen LogP contribution < -0.4 is 0 Å². The van der Waals surface area contributed by atoms with E-state index in [-0.39, 0.29) is 30.0 Å². The van der Waals surface area contributed by atoms with E-state index >= 15 is 0 Å². The van der Waals surface area contributed by atoms with Gasteiger partial charge in [-0.15, -0.1) is 0 Å². The number of aryl methyl sites for hydroxylation is 1. The van der Waals surface area contributed by atoms with Crippen LogP contribution >= 0.6 is 0 Å². The molecule has 1 saturated carbocycles. The van der Waals surface area contributed by atoms with Gasteiger partial charge in [-0.1, -0.05) is 96.2 Å². The molecular weight excluding hydrogens is 569 g/mol. The lowest BCUT2D eigenvalue weighted by Gasteiger charge is -2.35. The molecule has 0 amide bonds. The third kappa shape index (κ3) is 11.6. The van der Waals surface area contributed by atoms with E-state index in [9.17, 15) is 9.59 Å². The van der Waals surface area contributed by atoms with Crippen LogP contribution in [0.5, 0.6) is 0 Å². The highest BCUT2D eigenvalue weighted by molar-refractivity contribution is 6.74. The summed E-state index contributed by atoms with van der Waals surface area (Å²) in [7, 11) is -2.29. The molecule has 0 radical (unpaired) electrons. The van der Waals surface area contributed by atoms with Crippen LogP contribution in [0.3, 0.4) is 0 Å². The molecule has 0 aliphatic heterocycles.